The first-order valence-electron chi connectivity index (χ1n) is 7.35. The summed E-state index contributed by atoms with van der Waals surface area (Å²) in [6.07, 6.45) is 4.90. The standard InChI is InChI=1S/C15H24N2O2S/c1-5-19-14(18)12-10(2)17-20-13(12)16-11-8-6-7-9-15(11,3)4/h11,16H,5-9H2,1-4H3. The second kappa shape index (κ2) is 6.12. The van der Waals surface area contributed by atoms with E-state index in [1.165, 1.54) is 30.8 Å². The lowest BCUT2D eigenvalue weighted by molar-refractivity contribution is 0.0526. The summed E-state index contributed by atoms with van der Waals surface area (Å²) in [5.41, 5.74) is 1.62. The van der Waals surface area contributed by atoms with Gasteiger partial charge in [-0.2, -0.15) is 4.37 Å². The number of carbonyl (C=O) groups excluding carboxylic acids is 1. The Hall–Kier alpha value is -1.10. The molecule has 1 aromatic rings. The van der Waals surface area contributed by atoms with Crippen molar-refractivity contribution in [3.63, 3.8) is 0 Å². The van der Waals surface area contributed by atoms with Gasteiger partial charge in [0.1, 0.15) is 10.6 Å². The zero-order valence-corrected chi connectivity index (χ0v) is 13.6. The third kappa shape index (κ3) is 3.14. The largest absolute Gasteiger partial charge is 0.462 e. The van der Waals surface area contributed by atoms with Gasteiger partial charge in [0, 0.05) is 6.04 Å². The van der Waals surface area contributed by atoms with Gasteiger partial charge in [-0.15, -0.1) is 0 Å². The number of nitrogens with one attached hydrogen (secondary N) is 1. The van der Waals surface area contributed by atoms with Gasteiger partial charge in [-0.05, 0) is 43.6 Å². The van der Waals surface area contributed by atoms with E-state index in [1.54, 1.807) is 0 Å². The molecule has 1 fully saturated rings. The average Bonchev–Trinajstić information content (AvgIpc) is 2.73. The first-order chi connectivity index (χ1) is 9.45. The Morgan fingerprint density at radius 3 is 2.90 bits per heavy atom. The molecule has 1 N–H and O–H groups in total. The number of ether oxygens (including phenoxy) is 1. The van der Waals surface area contributed by atoms with Crippen molar-refractivity contribution >= 4 is 22.5 Å². The molecule has 4 nitrogen and oxygen atoms in total. The highest BCUT2D eigenvalue weighted by Gasteiger charge is 2.33. The van der Waals surface area contributed by atoms with Crippen LogP contribution in [-0.4, -0.2) is 23.0 Å². The Bertz CT molecular complexity index is 482. The van der Waals surface area contributed by atoms with Crippen LogP contribution in [0.2, 0.25) is 0 Å². The lowest BCUT2D eigenvalue weighted by atomic mass is 9.73. The third-order valence-corrected chi connectivity index (χ3v) is 5.02. The van der Waals surface area contributed by atoms with Crippen molar-refractivity contribution in [3.05, 3.63) is 11.3 Å². The molecule has 1 aliphatic carbocycles. The van der Waals surface area contributed by atoms with Crippen LogP contribution in [0.1, 0.15) is 62.5 Å². The molecule has 1 saturated carbocycles. The smallest absolute Gasteiger partial charge is 0.343 e. The topological polar surface area (TPSA) is 51.2 Å². The first kappa shape index (κ1) is 15.3. The first-order valence-corrected chi connectivity index (χ1v) is 8.13. The van der Waals surface area contributed by atoms with Gasteiger partial charge in [0.15, 0.2) is 0 Å². The molecule has 0 aliphatic heterocycles. The van der Waals surface area contributed by atoms with E-state index in [1.807, 2.05) is 13.8 Å². The molecule has 5 heteroatoms. The van der Waals surface area contributed by atoms with E-state index in [0.29, 0.717) is 18.2 Å². The van der Waals surface area contributed by atoms with Gasteiger partial charge >= 0.3 is 5.97 Å². The molecule has 0 aromatic carbocycles. The van der Waals surface area contributed by atoms with E-state index in [2.05, 4.69) is 23.5 Å². The number of rotatable bonds is 4. The maximum atomic E-state index is 12.1. The molecular weight excluding hydrogens is 272 g/mol. The van der Waals surface area contributed by atoms with Gasteiger partial charge in [0.2, 0.25) is 0 Å². The van der Waals surface area contributed by atoms with Crippen molar-refractivity contribution in [1.29, 1.82) is 0 Å². The van der Waals surface area contributed by atoms with Crippen LogP contribution in [0.3, 0.4) is 0 Å². The maximum Gasteiger partial charge on any atom is 0.343 e. The molecule has 0 bridgehead atoms. The molecule has 0 amide bonds. The highest BCUT2D eigenvalue weighted by molar-refractivity contribution is 7.10. The van der Waals surface area contributed by atoms with Gasteiger partial charge in [0.05, 0.1) is 12.3 Å². The molecule has 1 aromatic heterocycles. The molecule has 1 atom stereocenters. The van der Waals surface area contributed by atoms with Crippen LogP contribution in [-0.2, 0) is 4.74 Å². The molecule has 1 unspecified atom stereocenters. The summed E-state index contributed by atoms with van der Waals surface area (Å²) in [5, 5.41) is 4.42. The average molecular weight is 296 g/mol. The predicted octanol–water partition coefficient (Wildman–Crippen LogP) is 4.01. The van der Waals surface area contributed by atoms with Crippen molar-refractivity contribution < 1.29 is 9.53 Å². The molecule has 0 saturated heterocycles. The molecule has 1 aliphatic rings. The second-order valence-corrected chi connectivity index (χ2v) is 6.90. The SMILES string of the molecule is CCOC(=O)c1c(C)nsc1NC1CCCCC1(C)C. The Kier molecular flexibility index (Phi) is 4.68. The number of nitrogens with zero attached hydrogens (tertiary/aromatic N) is 1. The van der Waals surface area contributed by atoms with Crippen molar-refractivity contribution in [2.75, 3.05) is 11.9 Å². The van der Waals surface area contributed by atoms with Crippen LogP contribution in [0, 0.1) is 12.3 Å². The normalized spacial score (nSPS) is 21.5. The van der Waals surface area contributed by atoms with E-state index in [0.717, 1.165) is 17.1 Å². The summed E-state index contributed by atoms with van der Waals surface area (Å²) < 4.78 is 9.45. The van der Waals surface area contributed by atoms with Gasteiger partial charge < -0.3 is 10.1 Å². The maximum absolute atomic E-state index is 12.1. The van der Waals surface area contributed by atoms with E-state index in [-0.39, 0.29) is 11.4 Å². The number of esters is 1. The summed E-state index contributed by atoms with van der Waals surface area (Å²) in [6, 6.07) is 0.393. The summed E-state index contributed by atoms with van der Waals surface area (Å²) in [6.45, 7) is 8.66. The summed E-state index contributed by atoms with van der Waals surface area (Å²) in [7, 11) is 0. The van der Waals surface area contributed by atoms with Gasteiger partial charge in [-0.25, -0.2) is 4.79 Å². The Morgan fingerprint density at radius 2 is 2.25 bits per heavy atom. The molecular formula is C15H24N2O2S. The molecule has 1 heterocycles. The molecule has 2 rings (SSSR count). The minimum atomic E-state index is -0.269. The van der Waals surface area contributed by atoms with Gasteiger partial charge in [0.25, 0.3) is 0 Å². The zero-order valence-electron chi connectivity index (χ0n) is 12.8. The molecule has 0 spiro atoms. The highest BCUT2D eigenvalue weighted by Crippen LogP contribution is 2.39. The van der Waals surface area contributed by atoms with E-state index >= 15 is 0 Å². The number of anilines is 1. The van der Waals surface area contributed by atoms with Crippen LogP contribution in [0.5, 0.6) is 0 Å². The number of aryl methyl sites for hydroxylation is 1. The van der Waals surface area contributed by atoms with Crippen molar-refractivity contribution in [1.82, 2.24) is 4.37 Å². The quantitative estimate of drug-likeness (QED) is 0.853. The minimum Gasteiger partial charge on any atom is -0.462 e. The van der Waals surface area contributed by atoms with Crippen LogP contribution in [0.25, 0.3) is 0 Å². The molecule has 112 valence electrons. The van der Waals surface area contributed by atoms with Gasteiger partial charge in [-0.3, -0.25) is 0 Å². The van der Waals surface area contributed by atoms with Crippen molar-refractivity contribution in [2.24, 2.45) is 5.41 Å². The fraction of sp³-hybridized carbons (Fsp3) is 0.733. The van der Waals surface area contributed by atoms with Crippen LogP contribution >= 0.6 is 11.5 Å². The second-order valence-electron chi connectivity index (χ2n) is 6.12. The Balaban J connectivity index is 2.19. The number of hydrogen-bond donors (Lipinski definition) is 1. The molecule has 0 radical (unpaired) electrons. The minimum absolute atomic E-state index is 0.252. The fourth-order valence-corrected chi connectivity index (χ4v) is 3.67. The monoisotopic (exact) mass is 296 g/mol. The Labute approximate surface area is 125 Å². The van der Waals surface area contributed by atoms with Crippen LogP contribution in [0.4, 0.5) is 5.00 Å². The predicted molar refractivity (Wildman–Crippen MR) is 82.5 cm³/mol. The summed E-state index contributed by atoms with van der Waals surface area (Å²) in [5.74, 6) is -0.269. The number of carbonyl (C=O) groups is 1. The highest BCUT2D eigenvalue weighted by atomic mass is 32.1. The molecule has 20 heavy (non-hydrogen) atoms. The fourth-order valence-electron chi connectivity index (χ4n) is 2.83. The number of aromatic nitrogens is 1. The Morgan fingerprint density at radius 1 is 1.50 bits per heavy atom. The van der Waals surface area contributed by atoms with E-state index < -0.39 is 0 Å². The van der Waals surface area contributed by atoms with Crippen LogP contribution in [0.15, 0.2) is 0 Å². The lowest BCUT2D eigenvalue weighted by Crippen LogP contribution is -2.39. The van der Waals surface area contributed by atoms with E-state index in [4.69, 9.17) is 4.74 Å². The van der Waals surface area contributed by atoms with Crippen molar-refractivity contribution in [3.8, 4) is 0 Å². The van der Waals surface area contributed by atoms with E-state index in [9.17, 15) is 4.79 Å². The summed E-state index contributed by atoms with van der Waals surface area (Å²) >= 11 is 1.36. The summed E-state index contributed by atoms with van der Waals surface area (Å²) in [4.78, 5) is 12.1. The van der Waals surface area contributed by atoms with Crippen LogP contribution < -0.4 is 5.32 Å². The van der Waals surface area contributed by atoms with Gasteiger partial charge in [-0.1, -0.05) is 26.7 Å². The van der Waals surface area contributed by atoms with Crippen molar-refractivity contribution in [2.45, 2.75) is 59.4 Å². The zero-order chi connectivity index (χ0) is 14.8. The third-order valence-electron chi connectivity index (χ3n) is 4.15. The lowest BCUT2D eigenvalue weighted by Gasteiger charge is -2.39. The number of hydrogen-bond acceptors (Lipinski definition) is 5.